The lowest BCUT2D eigenvalue weighted by atomic mass is 10.2. The third-order valence-corrected chi connectivity index (χ3v) is 1.81. The second-order valence-corrected chi connectivity index (χ2v) is 3.38. The second kappa shape index (κ2) is 4.07. The first-order chi connectivity index (χ1) is 6.03. The Labute approximate surface area is 78.2 Å². The van der Waals surface area contributed by atoms with Crippen molar-refractivity contribution in [3.63, 3.8) is 0 Å². The summed E-state index contributed by atoms with van der Waals surface area (Å²) in [5.41, 5.74) is 0. The maximum absolute atomic E-state index is 10.8. The van der Waals surface area contributed by atoms with Crippen LogP contribution in [0.25, 0.3) is 0 Å². The van der Waals surface area contributed by atoms with Gasteiger partial charge >= 0.3 is 5.97 Å². The molecule has 1 radical (unpaired) electrons. The predicted molar refractivity (Wildman–Crippen MR) is 45.8 cm³/mol. The van der Waals surface area contributed by atoms with Gasteiger partial charge in [-0.05, 0) is 13.8 Å². The van der Waals surface area contributed by atoms with Gasteiger partial charge in [0.15, 0.2) is 5.79 Å². The SMILES string of the molecule is COC(=O)C[CH][C@@H]1COC(C)(C)O1. The summed E-state index contributed by atoms with van der Waals surface area (Å²) in [4.78, 5) is 10.8. The first kappa shape index (κ1) is 10.5. The molecule has 75 valence electrons. The summed E-state index contributed by atoms with van der Waals surface area (Å²) in [6.45, 7) is 4.20. The van der Waals surface area contributed by atoms with E-state index in [0.29, 0.717) is 6.61 Å². The van der Waals surface area contributed by atoms with Crippen LogP contribution in [0, 0.1) is 6.42 Å². The van der Waals surface area contributed by atoms with Gasteiger partial charge in [0.1, 0.15) is 0 Å². The number of carbonyl (C=O) groups excluding carboxylic acids is 1. The van der Waals surface area contributed by atoms with Crippen molar-refractivity contribution >= 4 is 5.97 Å². The van der Waals surface area contributed by atoms with Gasteiger partial charge in [-0.2, -0.15) is 0 Å². The first-order valence-electron chi connectivity index (χ1n) is 4.25. The van der Waals surface area contributed by atoms with Crippen LogP contribution >= 0.6 is 0 Å². The van der Waals surface area contributed by atoms with E-state index in [-0.39, 0.29) is 18.5 Å². The maximum Gasteiger partial charge on any atom is 0.305 e. The standard InChI is InChI=1S/C9H15O4/c1-9(2)12-6-7(13-9)4-5-8(10)11-3/h4,7H,5-6H2,1-3H3/t7-/m1/s1. The van der Waals surface area contributed by atoms with Crippen molar-refractivity contribution < 1.29 is 19.0 Å². The van der Waals surface area contributed by atoms with Crippen molar-refractivity contribution in [1.82, 2.24) is 0 Å². The Morgan fingerprint density at radius 2 is 2.38 bits per heavy atom. The van der Waals surface area contributed by atoms with Crippen molar-refractivity contribution in [1.29, 1.82) is 0 Å². The Bertz CT molecular complexity index is 188. The Morgan fingerprint density at radius 1 is 1.69 bits per heavy atom. The van der Waals surface area contributed by atoms with Crippen LogP contribution in [0.3, 0.4) is 0 Å². The molecular weight excluding hydrogens is 172 g/mol. The van der Waals surface area contributed by atoms with Crippen LogP contribution < -0.4 is 0 Å². The van der Waals surface area contributed by atoms with Gasteiger partial charge in [-0.1, -0.05) is 0 Å². The lowest BCUT2D eigenvalue weighted by Gasteiger charge is -2.16. The molecule has 0 aromatic heterocycles. The Hall–Kier alpha value is -0.610. The van der Waals surface area contributed by atoms with Gasteiger partial charge < -0.3 is 14.2 Å². The molecule has 1 fully saturated rings. The average molecular weight is 187 g/mol. The van der Waals surface area contributed by atoms with E-state index in [9.17, 15) is 4.79 Å². The zero-order valence-corrected chi connectivity index (χ0v) is 8.20. The molecule has 1 aliphatic rings. The molecule has 0 aromatic carbocycles. The zero-order valence-electron chi connectivity index (χ0n) is 8.20. The van der Waals surface area contributed by atoms with E-state index in [4.69, 9.17) is 9.47 Å². The smallest absolute Gasteiger partial charge is 0.305 e. The van der Waals surface area contributed by atoms with Crippen LogP contribution in [0.2, 0.25) is 0 Å². The fourth-order valence-corrected chi connectivity index (χ4v) is 1.14. The monoisotopic (exact) mass is 187 g/mol. The number of carbonyl (C=O) groups is 1. The quantitative estimate of drug-likeness (QED) is 0.616. The summed E-state index contributed by atoms with van der Waals surface area (Å²) in [5.74, 6) is -0.787. The molecular formula is C9H15O4. The van der Waals surface area contributed by atoms with Gasteiger partial charge in [0.2, 0.25) is 0 Å². The van der Waals surface area contributed by atoms with E-state index in [1.807, 2.05) is 13.8 Å². The molecule has 0 aromatic rings. The number of esters is 1. The number of hydrogen-bond donors (Lipinski definition) is 0. The molecule has 0 saturated carbocycles. The number of hydrogen-bond acceptors (Lipinski definition) is 4. The van der Waals surface area contributed by atoms with Gasteiger partial charge in [0.25, 0.3) is 0 Å². The number of methoxy groups -OCH3 is 1. The first-order valence-corrected chi connectivity index (χ1v) is 4.25. The lowest BCUT2D eigenvalue weighted by Crippen LogP contribution is -2.22. The fourth-order valence-electron chi connectivity index (χ4n) is 1.14. The molecule has 4 heteroatoms. The van der Waals surface area contributed by atoms with E-state index in [2.05, 4.69) is 4.74 Å². The van der Waals surface area contributed by atoms with E-state index in [0.717, 1.165) is 0 Å². The summed E-state index contributed by atoms with van der Waals surface area (Å²) < 4.78 is 15.3. The van der Waals surface area contributed by atoms with E-state index >= 15 is 0 Å². The molecule has 0 N–H and O–H groups in total. The fraction of sp³-hybridized carbons (Fsp3) is 0.778. The average Bonchev–Trinajstić information content (AvgIpc) is 2.41. The van der Waals surface area contributed by atoms with Gasteiger partial charge in [0.05, 0.1) is 26.2 Å². The third-order valence-electron chi connectivity index (χ3n) is 1.81. The van der Waals surface area contributed by atoms with Gasteiger partial charge in [-0.3, -0.25) is 4.79 Å². The zero-order chi connectivity index (χ0) is 9.90. The molecule has 13 heavy (non-hydrogen) atoms. The largest absolute Gasteiger partial charge is 0.469 e. The minimum absolute atomic E-state index is 0.103. The normalized spacial score (nSPS) is 25.9. The second-order valence-electron chi connectivity index (χ2n) is 3.38. The Balaban J connectivity index is 2.21. The molecule has 1 atom stereocenters. The summed E-state index contributed by atoms with van der Waals surface area (Å²) in [7, 11) is 1.37. The molecule has 0 amide bonds. The van der Waals surface area contributed by atoms with Crippen molar-refractivity contribution in [3.05, 3.63) is 6.42 Å². The predicted octanol–water partition coefficient (Wildman–Crippen LogP) is 0.905. The molecule has 1 rings (SSSR count). The van der Waals surface area contributed by atoms with Crippen molar-refractivity contribution in [2.45, 2.75) is 32.2 Å². The molecule has 0 spiro atoms. The molecule has 1 aliphatic heterocycles. The highest BCUT2D eigenvalue weighted by Gasteiger charge is 2.32. The number of ether oxygens (including phenoxy) is 3. The van der Waals surface area contributed by atoms with E-state index < -0.39 is 5.79 Å². The van der Waals surface area contributed by atoms with Crippen LogP contribution in [0.15, 0.2) is 0 Å². The summed E-state index contributed by atoms with van der Waals surface area (Å²) in [5, 5.41) is 0. The topological polar surface area (TPSA) is 44.8 Å². The van der Waals surface area contributed by atoms with Gasteiger partial charge in [0, 0.05) is 6.42 Å². The molecule has 0 unspecified atom stereocenters. The van der Waals surface area contributed by atoms with Crippen LogP contribution in [0.4, 0.5) is 0 Å². The minimum Gasteiger partial charge on any atom is -0.469 e. The molecule has 0 aliphatic carbocycles. The maximum atomic E-state index is 10.8. The van der Waals surface area contributed by atoms with E-state index in [1.54, 1.807) is 6.42 Å². The van der Waals surface area contributed by atoms with Gasteiger partial charge in [-0.25, -0.2) is 0 Å². The molecule has 1 saturated heterocycles. The highest BCUT2D eigenvalue weighted by Crippen LogP contribution is 2.24. The van der Waals surface area contributed by atoms with Crippen LogP contribution in [-0.4, -0.2) is 31.6 Å². The highest BCUT2D eigenvalue weighted by atomic mass is 16.7. The van der Waals surface area contributed by atoms with Crippen LogP contribution in [0.5, 0.6) is 0 Å². The van der Waals surface area contributed by atoms with Crippen LogP contribution in [-0.2, 0) is 19.0 Å². The summed E-state index contributed by atoms with van der Waals surface area (Å²) in [6.07, 6.45) is 1.93. The molecule has 1 heterocycles. The highest BCUT2D eigenvalue weighted by molar-refractivity contribution is 5.70. The van der Waals surface area contributed by atoms with Crippen LogP contribution in [0.1, 0.15) is 20.3 Å². The molecule has 0 bridgehead atoms. The Morgan fingerprint density at radius 3 is 2.85 bits per heavy atom. The summed E-state index contributed by atoms with van der Waals surface area (Å²) >= 11 is 0. The van der Waals surface area contributed by atoms with E-state index in [1.165, 1.54) is 7.11 Å². The minimum atomic E-state index is -0.530. The number of rotatable bonds is 3. The van der Waals surface area contributed by atoms with Crippen molar-refractivity contribution in [3.8, 4) is 0 Å². The third kappa shape index (κ3) is 3.32. The van der Waals surface area contributed by atoms with Crippen molar-refractivity contribution in [2.24, 2.45) is 0 Å². The lowest BCUT2D eigenvalue weighted by molar-refractivity contribution is -0.142. The van der Waals surface area contributed by atoms with Crippen molar-refractivity contribution in [2.75, 3.05) is 13.7 Å². The summed E-state index contributed by atoms with van der Waals surface area (Å²) in [6, 6.07) is 0. The Kier molecular flexibility index (Phi) is 3.27. The van der Waals surface area contributed by atoms with Gasteiger partial charge in [-0.15, -0.1) is 0 Å². The molecule has 4 nitrogen and oxygen atoms in total.